The van der Waals surface area contributed by atoms with Crippen LogP contribution in [0.2, 0.25) is 0 Å². The topological polar surface area (TPSA) is 61.1 Å². The summed E-state index contributed by atoms with van der Waals surface area (Å²) in [5.41, 5.74) is 1.19. The first-order chi connectivity index (χ1) is 9.39. The molecule has 20 heavy (non-hydrogen) atoms. The third kappa shape index (κ3) is 2.10. The van der Waals surface area contributed by atoms with E-state index >= 15 is 0 Å². The molecule has 1 fully saturated rings. The Labute approximate surface area is 117 Å². The van der Waals surface area contributed by atoms with Gasteiger partial charge < -0.3 is 0 Å². The molecule has 1 aliphatic carbocycles. The van der Waals surface area contributed by atoms with Gasteiger partial charge in [0.1, 0.15) is 0 Å². The number of nitrogens with zero attached hydrogens (tertiary/aromatic N) is 2. The van der Waals surface area contributed by atoms with Crippen molar-refractivity contribution < 1.29 is 8.42 Å². The van der Waals surface area contributed by atoms with Gasteiger partial charge in [0.15, 0.2) is 9.84 Å². The van der Waals surface area contributed by atoms with Crippen LogP contribution in [0.1, 0.15) is 24.5 Å². The van der Waals surface area contributed by atoms with Gasteiger partial charge in [-0.2, -0.15) is 0 Å². The fourth-order valence-electron chi connectivity index (χ4n) is 2.53. The quantitative estimate of drug-likeness (QED) is 0.860. The molecular formula is C14H16N2O3S. The molecule has 1 aromatic carbocycles. The predicted molar refractivity (Wildman–Crippen MR) is 76.1 cm³/mol. The summed E-state index contributed by atoms with van der Waals surface area (Å²) in [6.07, 6.45) is 3.33. The highest BCUT2D eigenvalue weighted by atomic mass is 32.2. The van der Waals surface area contributed by atoms with Gasteiger partial charge in [0.2, 0.25) is 0 Å². The summed E-state index contributed by atoms with van der Waals surface area (Å²) >= 11 is 0. The molecule has 106 valence electrons. The van der Waals surface area contributed by atoms with Crippen molar-refractivity contribution in [1.82, 2.24) is 9.36 Å². The standard InChI is InChI=1S/C14H16N2O3S/c1-15-12(10-7-8-10)9-14(17)16(15)11-5-3-4-6-13(11)20(2,18)19/h3-6,9-10H,7-8H2,1-2H3. The summed E-state index contributed by atoms with van der Waals surface area (Å²) in [6.45, 7) is 0. The van der Waals surface area contributed by atoms with Gasteiger partial charge in [0.05, 0.1) is 10.6 Å². The smallest absolute Gasteiger partial charge is 0.271 e. The largest absolute Gasteiger partial charge is 0.285 e. The van der Waals surface area contributed by atoms with E-state index in [-0.39, 0.29) is 10.5 Å². The molecule has 3 rings (SSSR count). The lowest BCUT2D eigenvalue weighted by atomic mass is 10.3. The van der Waals surface area contributed by atoms with Crippen molar-refractivity contribution in [3.63, 3.8) is 0 Å². The Balaban J connectivity index is 2.27. The van der Waals surface area contributed by atoms with Crippen molar-refractivity contribution >= 4 is 9.84 Å². The number of aromatic nitrogens is 2. The number of hydrogen-bond donors (Lipinski definition) is 0. The first-order valence-electron chi connectivity index (χ1n) is 6.48. The number of rotatable bonds is 3. The van der Waals surface area contributed by atoms with Crippen LogP contribution < -0.4 is 5.56 Å². The van der Waals surface area contributed by atoms with Crippen LogP contribution in [0.3, 0.4) is 0 Å². The molecule has 1 saturated carbocycles. The second kappa shape index (κ2) is 4.34. The SMILES string of the molecule is Cn1c(C2CC2)cc(=O)n1-c1ccccc1S(C)(=O)=O. The Bertz CT molecular complexity index is 826. The first kappa shape index (κ1) is 13.2. The molecule has 0 unspecified atom stereocenters. The third-order valence-electron chi connectivity index (χ3n) is 3.64. The fourth-order valence-corrected chi connectivity index (χ4v) is 3.39. The molecule has 0 saturated heterocycles. The van der Waals surface area contributed by atoms with E-state index in [1.807, 2.05) is 0 Å². The van der Waals surface area contributed by atoms with Crippen LogP contribution >= 0.6 is 0 Å². The molecule has 0 spiro atoms. The maximum atomic E-state index is 12.2. The van der Waals surface area contributed by atoms with Crippen LogP contribution in [-0.2, 0) is 16.9 Å². The molecular weight excluding hydrogens is 276 g/mol. The summed E-state index contributed by atoms with van der Waals surface area (Å²) in [7, 11) is -1.58. The summed E-state index contributed by atoms with van der Waals surface area (Å²) in [5.74, 6) is 0.430. The van der Waals surface area contributed by atoms with Gasteiger partial charge in [-0.15, -0.1) is 0 Å². The zero-order valence-electron chi connectivity index (χ0n) is 11.4. The molecule has 5 nitrogen and oxygen atoms in total. The molecule has 6 heteroatoms. The van der Waals surface area contributed by atoms with Gasteiger partial charge in [-0.3, -0.25) is 9.48 Å². The van der Waals surface area contributed by atoms with Crippen molar-refractivity contribution in [3.05, 3.63) is 46.4 Å². The van der Waals surface area contributed by atoms with E-state index in [0.717, 1.165) is 24.8 Å². The maximum Gasteiger partial charge on any atom is 0.271 e. The molecule has 0 radical (unpaired) electrons. The molecule has 1 aromatic heterocycles. The van der Waals surface area contributed by atoms with Gasteiger partial charge in [-0.05, 0) is 25.0 Å². The monoisotopic (exact) mass is 292 g/mol. The highest BCUT2D eigenvalue weighted by molar-refractivity contribution is 7.90. The summed E-state index contributed by atoms with van der Waals surface area (Å²) in [5, 5.41) is 0. The second-order valence-corrected chi connectivity index (χ2v) is 7.24. The van der Waals surface area contributed by atoms with Crippen LogP contribution in [0, 0.1) is 0 Å². The lowest BCUT2D eigenvalue weighted by Crippen LogP contribution is -2.21. The lowest BCUT2D eigenvalue weighted by Gasteiger charge is -2.13. The highest BCUT2D eigenvalue weighted by Gasteiger charge is 2.29. The molecule has 0 atom stereocenters. The average molecular weight is 292 g/mol. The minimum Gasteiger partial charge on any atom is -0.285 e. The van der Waals surface area contributed by atoms with E-state index in [1.54, 1.807) is 36.0 Å². The zero-order valence-corrected chi connectivity index (χ0v) is 12.2. The van der Waals surface area contributed by atoms with E-state index in [1.165, 1.54) is 10.7 Å². The van der Waals surface area contributed by atoms with Crippen molar-refractivity contribution in [3.8, 4) is 5.69 Å². The average Bonchev–Trinajstić information content (AvgIpc) is 3.15. The van der Waals surface area contributed by atoms with Crippen LogP contribution in [0.15, 0.2) is 40.0 Å². The number of sulfone groups is 1. The maximum absolute atomic E-state index is 12.2. The van der Waals surface area contributed by atoms with Gasteiger partial charge in [0.25, 0.3) is 5.56 Å². The Morgan fingerprint density at radius 1 is 1.20 bits per heavy atom. The normalized spacial score (nSPS) is 15.5. The third-order valence-corrected chi connectivity index (χ3v) is 4.79. The van der Waals surface area contributed by atoms with Gasteiger partial charge in [-0.1, -0.05) is 12.1 Å². The van der Waals surface area contributed by atoms with E-state index in [9.17, 15) is 13.2 Å². The molecule has 1 heterocycles. The van der Waals surface area contributed by atoms with Gasteiger partial charge >= 0.3 is 0 Å². The van der Waals surface area contributed by atoms with Crippen LogP contribution in [0.4, 0.5) is 0 Å². The van der Waals surface area contributed by atoms with E-state index in [2.05, 4.69) is 0 Å². The van der Waals surface area contributed by atoms with Crippen LogP contribution in [0.25, 0.3) is 5.69 Å². The number of benzene rings is 1. The van der Waals surface area contributed by atoms with E-state index in [0.29, 0.717) is 11.6 Å². The fraction of sp³-hybridized carbons (Fsp3) is 0.357. The zero-order chi connectivity index (χ0) is 14.5. The van der Waals surface area contributed by atoms with Crippen molar-refractivity contribution in [2.24, 2.45) is 7.05 Å². The molecule has 2 aromatic rings. The highest BCUT2D eigenvalue weighted by Crippen LogP contribution is 2.39. The van der Waals surface area contributed by atoms with Crippen molar-refractivity contribution in [2.75, 3.05) is 6.26 Å². The summed E-state index contributed by atoms with van der Waals surface area (Å²) in [6, 6.07) is 8.20. The van der Waals surface area contributed by atoms with E-state index < -0.39 is 9.84 Å². The second-order valence-electron chi connectivity index (χ2n) is 5.26. The number of para-hydroxylation sites is 1. The molecule has 0 N–H and O–H groups in total. The Hall–Kier alpha value is -1.82. The summed E-state index contributed by atoms with van der Waals surface area (Å²) in [4.78, 5) is 12.4. The first-order valence-corrected chi connectivity index (χ1v) is 8.37. The van der Waals surface area contributed by atoms with Crippen molar-refractivity contribution in [1.29, 1.82) is 0 Å². The number of hydrogen-bond acceptors (Lipinski definition) is 3. The van der Waals surface area contributed by atoms with Crippen LogP contribution in [0.5, 0.6) is 0 Å². The minimum atomic E-state index is -3.38. The molecule has 0 bridgehead atoms. The predicted octanol–water partition coefficient (Wildman–Crippen LogP) is 1.46. The van der Waals surface area contributed by atoms with Gasteiger partial charge in [-0.25, -0.2) is 13.1 Å². The Morgan fingerprint density at radius 2 is 1.85 bits per heavy atom. The summed E-state index contributed by atoms with van der Waals surface area (Å²) < 4.78 is 27.0. The Kier molecular flexibility index (Phi) is 2.86. The van der Waals surface area contributed by atoms with E-state index in [4.69, 9.17) is 0 Å². The molecule has 0 amide bonds. The minimum absolute atomic E-state index is 0.172. The molecule has 1 aliphatic rings. The lowest BCUT2D eigenvalue weighted by molar-refractivity contribution is 0.590. The van der Waals surface area contributed by atoms with Gasteiger partial charge in [0, 0.05) is 31.0 Å². The van der Waals surface area contributed by atoms with Crippen molar-refractivity contribution in [2.45, 2.75) is 23.7 Å². The Morgan fingerprint density at radius 3 is 2.45 bits per heavy atom. The van der Waals surface area contributed by atoms with Crippen LogP contribution in [-0.4, -0.2) is 24.0 Å². The molecule has 0 aliphatic heterocycles.